The second-order valence-corrected chi connectivity index (χ2v) is 9.01. The first-order valence-corrected chi connectivity index (χ1v) is 11.8. The van der Waals surface area contributed by atoms with Gasteiger partial charge < -0.3 is 24.5 Å². The Morgan fingerprint density at radius 1 is 1.03 bits per heavy atom. The highest BCUT2D eigenvalue weighted by atomic mass is 16.7. The van der Waals surface area contributed by atoms with Crippen LogP contribution in [0.5, 0.6) is 0 Å². The molecular formula is C28H29N3O4. The first-order chi connectivity index (χ1) is 17.0. The summed E-state index contributed by atoms with van der Waals surface area (Å²) in [5, 5.41) is 12.3. The highest BCUT2D eigenvalue weighted by molar-refractivity contribution is 5.88. The van der Waals surface area contributed by atoms with Gasteiger partial charge in [-0.3, -0.25) is 4.79 Å². The molecule has 0 radical (unpaired) electrons. The number of ether oxygens (including phenoxy) is 2. The summed E-state index contributed by atoms with van der Waals surface area (Å²) in [6.45, 7) is 4.25. The summed E-state index contributed by atoms with van der Waals surface area (Å²) in [7, 11) is 0. The minimum Gasteiger partial charge on any atom is -0.392 e. The number of hydrogen-bond acceptors (Lipinski definition) is 5. The van der Waals surface area contributed by atoms with E-state index in [1.54, 1.807) is 0 Å². The summed E-state index contributed by atoms with van der Waals surface area (Å²) in [6.07, 6.45) is 0.874. The number of carbonyl (C=O) groups is 1. The van der Waals surface area contributed by atoms with Crippen LogP contribution in [0, 0.1) is 5.92 Å². The number of fused-ring (bicyclic) bond motifs is 1. The minimum absolute atomic E-state index is 0.000632. The van der Waals surface area contributed by atoms with Gasteiger partial charge in [-0.15, -0.1) is 0 Å². The van der Waals surface area contributed by atoms with Gasteiger partial charge in [0.25, 0.3) is 0 Å². The number of aromatic nitrogens is 2. The average Bonchev–Trinajstić information content (AvgIpc) is 3.28. The van der Waals surface area contributed by atoms with Crippen molar-refractivity contribution in [1.29, 1.82) is 0 Å². The van der Waals surface area contributed by atoms with E-state index in [4.69, 9.17) is 9.47 Å². The summed E-state index contributed by atoms with van der Waals surface area (Å²) in [6, 6.07) is 23.5. The van der Waals surface area contributed by atoms with E-state index in [9.17, 15) is 9.90 Å². The molecule has 0 bridgehead atoms. The molecule has 0 spiro atoms. The standard InChI is InChI=1S/C28H29N3O4/c1-18-26(15-31-17-29-24-8-3-4-9-25(24)31)34-28(22-6-5-7-23(14-22)30-19(2)33)35-27(18)21-12-10-20(16-32)11-13-21/h3-14,17-18,26-28,32H,15-16H2,1-2H3,(H,30,33)/t18-,26+,27+,28+/m1/s1. The van der Waals surface area contributed by atoms with Crippen LogP contribution in [0.1, 0.15) is 42.9 Å². The molecule has 7 nitrogen and oxygen atoms in total. The highest BCUT2D eigenvalue weighted by Gasteiger charge is 2.38. The van der Waals surface area contributed by atoms with E-state index in [0.717, 1.165) is 27.7 Å². The molecule has 0 aliphatic carbocycles. The zero-order valence-electron chi connectivity index (χ0n) is 19.8. The number of para-hydroxylation sites is 2. The lowest BCUT2D eigenvalue weighted by molar-refractivity contribution is -0.276. The van der Waals surface area contributed by atoms with Gasteiger partial charge in [0.15, 0.2) is 6.29 Å². The lowest BCUT2D eigenvalue weighted by atomic mass is 9.90. The molecule has 0 unspecified atom stereocenters. The Kier molecular flexibility index (Phi) is 6.63. The average molecular weight is 472 g/mol. The van der Waals surface area contributed by atoms with E-state index in [0.29, 0.717) is 12.2 Å². The van der Waals surface area contributed by atoms with Gasteiger partial charge in [0.05, 0.1) is 42.7 Å². The van der Waals surface area contributed by atoms with E-state index < -0.39 is 6.29 Å². The van der Waals surface area contributed by atoms with E-state index in [2.05, 4.69) is 27.9 Å². The number of amides is 1. The molecule has 1 aliphatic rings. The van der Waals surface area contributed by atoms with Gasteiger partial charge in [0.1, 0.15) is 0 Å². The van der Waals surface area contributed by atoms with Crippen molar-refractivity contribution in [2.45, 2.75) is 45.5 Å². The van der Waals surface area contributed by atoms with Crippen LogP contribution in [-0.2, 0) is 27.4 Å². The van der Waals surface area contributed by atoms with Crippen molar-refractivity contribution in [3.05, 3.63) is 95.8 Å². The Bertz CT molecular complexity index is 1320. The van der Waals surface area contributed by atoms with Crippen LogP contribution >= 0.6 is 0 Å². The van der Waals surface area contributed by atoms with Crippen molar-refractivity contribution in [2.75, 3.05) is 5.32 Å². The summed E-state index contributed by atoms with van der Waals surface area (Å²) in [5.41, 5.74) is 5.42. The van der Waals surface area contributed by atoms with Crippen LogP contribution in [0.15, 0.2) is 79.1 Å². The molecule has 180 valence electrons. The normalized spacial score (nSPS) is 22.3. The molecule has 4 aromatic rings. The van der Waals surface area contributed by atoms with E-state index in [-0.39, 0.29) is 30.6 Å². The number of rotatable bonds is 6. The van der Waals surface area contributed by atoms with Crippen molar-refractivity contribution in [3.8, 4) is 0 Å². The number of nitrogens with zero attached hydrogens (tertiary/aromatic N) is 2. The zero-order chi connectivity index (χ0) is 24.4. The number of benzene rings is 3. The van der Waals surface area contributed by atoms with E-state index in [1.165, 1.54) is 6.92 Å². The van der Waals surface area contributed by atoms with Gasteiger partial charge >= 0.3 is 0 Å². The Morgan fingerprint density at radius 2 is 1.83 bits per heavy atom. The summed E-state index contributed by atoms with van der Waals surface area (Å²) in [4.78, 5) is 16.1. The SMILES string of the molecule is CC(=O)Nc1cccc([C@H]2O[C@@H](Cn3cnc4ccccc43)[C@@H](C)[C@@H](c3ccc(CO)cc3)O2)c1. The fourth-order valence-electron chi connectivity index (χ4n) is 4.64. The van der Waals surface area contributed by atoms with Gasteiger partial charge in [-0.05, 0) is 35.4 Å². The van der Waals surface area contributed by atoms with Gasteiger partial charge in [-0.2, -0.15) is 0 Å². The topological polar surface area (TPSA) is 85.6 Å². The number of aliphatic hydroxyl groups is 1. The Hall–Kier alpha value is -3.52. The van der Waals surface area contributed by atoms with Crippen molar-refractivity contribution in [2.24, 2.45) is 5.92 Å². The first kappa shape index (κ1) is 23.2. The quantitative estimate of drug-likeness (QED) is 0.414. The molecule has 3 aromatic carbocycles. The monoisotopic (exact) mass is 471 g/mol. The highest BCUT2D eigenvalue weighted by Crippen LogP contribution is 2.42. The van der Waals surface area contributed by atoms with E-state index >= 15 is 0 Å². The molecule has 1 saturated heterocycles. The van der Waals surface area contributed by atoms with Crippen molar-refractivity contribution in [1.82, 2.24) is 9.55 Å². The minimum atomic E-state index is -0.609. The molecular weight excluding hydrogens is 442 g/mol. The first-order valence-electron chi connectivity index (χ1n) is 11.8. The predicted molar refractivity (Wildman–Crippen MR) is 133 cm³/mol. The fourth-order valence-corrected chi connectivity index (χ4v) is 4.64. The molecule has 1 fully saturated rings. The van der Waals surface area contributed by atoms with Crippen LogP contribution in [0.4, 0.5) is 5.69 Å². The zero-order valence-corrected chi connectivity index (χ0v) is 19.8. The maximum Gasteiger partial charge on any atom is 0.221 e. The number of nitrogens with one attached hydrogen (secondary N) is 1. The van der Waals surface area contributed by atoms with Crippen LogP contribution in [0.2, 0.25) is 0 Å². The summed E-state index contributed by atoms with van der Waals surface area (Å²) < 4.78 is 15.2. The Balaban J connectivity index is 1.48. The lowest BCUT2D eigenvalue weighted by Crippen LogP contribution is -2.39. The molecule has 5 rings (SSSR count). The summed E-state index contributed by atoms with van der Waals surface area (Å²) in [5.74, 6) is -0.0844. The van der Waals surface area contributed by atoms with Gasteiger partial charge in [-0.25, -0.2) is 4.98 Å². The second-order valence-electron chi connectivity index (χ2n) is 9.01. The third-order valence-electron chi connectivity index (χ3n) is 6.51. The molecule has 4 atom stereocenters. The van der Waals surface area contributed by atoms with Crippen LogP contribution in [-0.4, -0.2) is 26.7 Å². The second kappa shape index (κ2) is 10.00. The third-order valence-corrected chi connectivity index (χ3v) is 6.51. The molecule has 7 heteroatoms. The maximum atomic E-state index is 11.6. The predicted octanol–water partition coefficient (Wildman–Crippen LogP) is 4.98. The third kappa shape index (κ3) is 4.98. The maximum absolute atomic E-state index is 11.6. The van der Waals surface area contributed by atoms with Crippen molar-refractivity contribution >= 4 is 22.6 Å². The van der Waals surface area contributed by atoms with Crippen LogP contribution in [0.25, 0.3) is 11.0 Å². The van der Waals surface area contributed by atoms with Crippen LogP contribution in [0.3, 0.4) is 0 Å². The van der Waals surface area contributed by atoms with Crippen LogP contribution < -0.4 is 5.32 Å². The fraction of sp³-hybridized carbons (Fsp3) is 0.286. The largest absolute Gasteiger partial charge is 0.392 e. The number of carbonyl (C=O) groups excluding carboxylic acids is 1. The van der Waals surface area contributed by atoms with Crippen molar-refractivity contribution < 1.29 is 19.4 Å². The Labute approximate surface area is 204 Å². The summed E-state index contributed by atoms with van der Waals surface area (Å²) >= 11 is 0. The van der Waals surface area contributed by atoms with Gasteiger partial charge in [0, 0.05) is 24.1 Å². The molecule has 35 heavy (non-hydrogen) atoms. The molecule has 1 amide bonds. The molecule has 2 heterocycles. The lowest BCUT2D eigenvalue weighted by Gasteiger charge is -2.41. The smallest absolute Gasteiger partial charge is 0.221 e. The molecule has 0 saturated carbocycles. The molecule has 1 aromatic heterocycles. The number of anilines is 1. The van der Waals surface area contributed by atoms with Gasteiger partial charge in [-0.1, -0.05) is 55.5 Å². The van der Waals surface area contributed by atoms with Crippen molar-refractivity contribution in [3.63, 3.8) is 0 Å². The van der Waals surface area contributed by atoms with E-state index in [1.807, 2.05) is 73.1 Å². The number of aliphatic hydroxyl groups excluding tert-OH is 1. The molecule has 1 aliphatic heterocycles. The Morgan fingerprint density at radius 3 is 2.60 bits per heavy atom. The van der Waals surface area contributed by atoms with Gasteiger partial charge in [0.2, 0.25) is 5.91 Å². The number of hydrogen-bond donors (Lipinski definition) is 2. The number of imidazole rings is 1. The molecule has 2 N–H and O–H groups in total.